The Morgan fingerprint density at radius 1 is 1.19 bits per heavy atom. The summed E-state index contributed by atoms with van der Waals surface area (Å²) in [6, 6.07) is 5.50. The van der Waals surface area contributed by atoms with Gasteiger partial charge in [-0.2, -0.15) is 0 Å². The first-order valence-electron chi connectivity index (χ1n) is 8.43. The first kappa shape index (κ1) is 14.9. The van der Waals surface area contributed by atoms with Crippen LogP contribution in [0.5, 0.6) is 0 Å². The minimum Gasteiger partial charge on any atom is -0.314 e. The number of nitrogens with one attached hydrogen (secondary N) is 1. The second-order valence-electron chi connectivity index (χ2n) is 6.45. The standard InChI is InChI=1S/C17H28N4/c1-15-13-19-9-12-21(15)17(16-5-7-18-8-6-16)14-20-10-3-2-4-11-20/h5-8,15,17,19H,2-4,9-14H2,1H3. The highest BCUT2D eigenvalue weighted by Gasteiger charge is 2.29. The largest absolute Gasteiger partial charge is 0.314 e. The summed E-state index contributed by atoms with van der Waals surface area (Å²) >= 11 is 0. The van der Waals surface area contributed by atoms with E-state index in [0.29, 0.717) is 12.1 Å². The molecule has 0 aromatic carbocycles. The molecule has 2 aliphatic heterocycles. The molecule has 4 heteroatoms. The van der Waals surface area contributed by atoms with Gasteiger partial charge >= 0.3 is 0 Å². The zero-order valence-electron chi connectivity index (χ0n) is 13.2. The van der Waals surface area contributed by atoms with Gasteiger partial charge in [-0.15, -0.1) is 0 Å². The van der Waals surface area contributed by atoms with E-state index in [1.165, 1.54) is 37.9 Å². The summed E-state index contributed by atoms with van der Waals surface area (Å²) in [6.45, 7) is 9.38. The van der Waals surface area contributed by atoms with Crippen molar-refractivity contribution in [3.8, 4) is 0 Å². The molecule has 4 nitrogen and oxygen atoms in total. The summed E-state index contributed by atoms with van der Waals surface area (Å²) in [5.41, 5.74) is 1.42. The fourth-order valence-corrected chi connectivity index (χ4v) is 3.69. The van der Waals surface area contributed by atoms with E-state index in [1.807, 2.05) is 12.4 Å². The topological polar surface area (TPSA) is 31.4 Å². The van der Waals surface area contributed by atoms with Crippen molar-refractivity contribution < 1.29 is 0 Å². The number of likely N-dealkylation sites (tertiary alicyclic amines) is 1. The van der Waals surface area contributed by atoms with Crippen molar-refractivity contribution in [1.82, 2.24) is 20.1 Å². The van der Waals surface area contributed by atoms with Crippen LogP contribution in [-0.4, -0.2) is 60.1 Å². The van der Waals surface area contributed by atoms with E-state index in [1.54, 1.807) is 0 Å². The van der Waals surface area contributed by atoms with Gasteiger partial charge in [0.1, 0.15) is 0 Å². The Labute approximate surface area is 128 Å². The van der Waals surface area contributed by atoms with Gasteiger partial charge in [-0.3, -0.25) is 9.88 Å². The highest BCUT2D eigenvalue weighted by molar-refractivity contribution is 5.16. The Morgan fingerprint density at radius 3 is 2.67 bits per heavy atom. The third-order valence-electron chi connectivity index (χ3n) is 4.92. The van der Waals surface area contributed by atoms with Crippen molar-refractivity contribution in [2.45, 2.75) is 38.3 Å². The summed E-state index contributed by atoms with van der Waals surface area (Å²) < 4.78 is 0. The van der Waals surface area contributed by atoms with Crippen LogP contribution in [0.15, 0.2) is 24.5 Å². The first-order valence-corrected chi connectivity index (χ1v) is 8.43. The molecule has 1 aromatic rings. The summed E-state index contributed by atoms with van der Waals surface area (Å²) in [5, 5.41) is 3.51. The van der Waals surface area contributed by atoms with Crippen molar-refractivity contribution >= 4 is 0 Å². The Kier molecular flexibility index (Phi) is 5.22. The van der Waals surface area contributed by atoms with E-state index in [9.17, 15) is 0 Å². The smallest absolute Gasteiger partial charge is 0.0480 e. The first-order chi connectivity index (χ1) is 10.3. The molecule has 2 fully saturated rings. The molecule has 0 aliphatic carbocycles. The minimum atomic E-state index is 0.503. The van der Waals surface area contributed by atoms with Crippen molar-refractivity contribution in [2.75, 3.05) is 39.3 Å². The number of piperazine rings is 1. The van der Waals surface area contributed by atoms with E-state index in [-0.39, 0.29) is 0 Å². The maximum Gasteiger partial charge on any atom is 0.0480 e. The summed E-state index contributed by atoms with van der Waals surface area (Å²) in [5.74, 6) is 0. The number of aromatic nitrogens is 1. The fourth-order valence-electron chi connectivity index (χ4n) is 3.69. The van der Waals surface area contributed by atoms with Crippen molar-refractivity contribution in [2.24, 2.45) is 0 Å². The van der Waals surface area contributed by atoms with Crippen LogP contribution in [0.25, 0.3) is 0 Å². The zero-order valence-corrected chi connectivity index (χ0v) is 13.2. The Hall–Kier alpha value is -0.970. The highest BCUT2D eigenvalue weighted by atomic mass is 15.3. The molecule has 2 saturated heterocycles. The summed E-state index contributed by atoms with van der Waals surface area (Å²) in [4.78, 5) is 9.53. The molecule has 3 rings (SSSR count). The molecule has 2 atom stereocenters. The molecular formula is C17H28N4. The van der Waals surface area contributed by atoms with E-state index < -0.39 is 0 Å². The number of pyridine rings is 1. The number of nitrogens with zero attached hydrogens (tertiary/aromatic N) is 3. The third-order valence-corrected chi connectivity index (χ3v) is 4.92. The minimum absolute atomic E-state index is 0.503. The predicted molar refractivity (Wildman–Crippen MR) is 86.3 cm³/mol. The van der Waals surface area contributed by atoms with Gasteiger partial charge in [0.2, 0.25) is 0 Å². The molecule has 1 N–H and O–H groups in total. The molecule has 21 heavy (non-hydrogen) atoms. The monoisotopic (exact) mass is 288 g/mol. The molecule has 0 bridgehead atoms. The van der Waals surface area contributed by atoms with Crippen LogP contribution in [0.1, 0.15) is 37.8 Å². The van der Waals surface area contributed by atoms with E-state index in [4.69, 9.17) is 0 Å². The lowest BCUT2D eigenvalue weighted by Crippen LogP contribution is -2.53. The number of rotatable bonds is 4. The Bertz CT molecular complexity index is 416. The van der Waals surface area contributed by atoms with Crippen LogP contribution >= 0.6 is 0 Å². The lowest BCUT2D eigenvalue weighted by molar-refractivity contribution is 0.0779. The van der Waals surface area contributed by atoms with E-state index >= 15 is 0 Å². The van der Waals surface area contributed by atoms with Gasteiger partial charge < -0.3 is 10.2 Å². The van der Waals surface area contributed by atoms with Gasteiger partial charge in [-0.1, -0.05) is 6.42 Å². The molecule has 3 heterocycles. The molecule has 0 saturated carbocycles. The van der Waals surface area contributed by atoms with Crippen molar-refractivity contribution in [1.29, 1.82) is 0 Å². The van der Waals surface area contributed by atoms with Gasteiger partial charge in [-0.25, -0.2) is 0 Å². The number of hydrogen-bond donors (Lipinski definition) is 1. The third kappa shape index (κ3) is 3.82. The quantitative estimate of drug-likeness (QED) is 0.917. The van der Waals surface area contributed by atoms with Gasteiger partial charge in [0, 0.05) is 50.7 Å². The second kappa shape index (κ2) is 7.34. The average Bonchev–Trinajstić information content (AvgIpc) is 2.55. The van der Waals surface area contributed by atoms with Gasteiger partial charge in [0.05, 0.1) is 0 Å². The molecule has 2 unspecified atom stereocenters. The van der Waals surface area contributed by atoms with E-state index in [2.05, 4.69) is 39.2 Å². The highest BCUT2D eigenvalue weighted by Crippen LogP contribution is 2.26. The van der Waals surface area contributed by atoms with Crippen LogP contribution in [0.4, 0.5) is 0 Å². The summed E-state index contributed by atoms with van der Waals surface area (Å²) in [7, 11) is 0. The lowest BCUT2D eigenvalue weighted by atomic mass is 10.0. The molecule has 1 aromatic heterocycles. The lowest BCUT2D eigenvalue weighted by Gasteiger charge is -2.42. The van der Waals surface area contributed by atoms with Gasteiger partial charge in [0.25, 0.3) is 0 Å². The molecule has 0 radical (unpaired) electrons. The fraction of sp³-hybridized carbons (Fsp3) is 0.706. The van der Waals surface area contributed by atoms with Crippen LogP contribution < -0.4 is 5.32 Å². The number of hydrogen-bond acceptors (Lipinski definition) is 4. The van der Waals surface area contributed by atoms with Crippen molar-refractivity contribution in [3.63, 3.8) is 0 Å². The average molecular weight is 288 g/mol. The molecule has 2 aliphatic rings. The molecule has 0 amide bonds. The second-order valence-corrected chi connectivity index (χ2v) is 6.45. The Morgan fingerprint density at radius 2 is 1.95 bits per heavy atom. The SMILES string of the molecule is CC1CNCCN1C(CN1CCCCC1)c1ccncc1. The Balaban J connectivity index is 1.76. The molecule has 0 spiro atoms. The summed E-state index contributed by atoms with van der Waals surface area (Å²) in [6.07, 6.45) is 8.00. The predicted octanol–water partition coefficient (Wildman–Crippen LogP) is 1.90. The molecular weight excluding hydrogens is 260 g/mol. The van der Waals surface area contributed by atoms with Crippen LogP contribution in [-0.2, 0) is 0 Å². The maximum absolute atomic E-state index is 4.19. The zero-order chi connectivity index (χ0) is 14.5. The van der Waals surface area contributed by atoms with Crippen LogP contribution in [0.3, 0.4) is 0 Å². The number of piperidine rings is 1. The maximum atomic E-state index is 4.19. The molecule has 116 valence electrons. The normalized spacial score (nSPS) is 26.6. The van der Waals surface area contributed by atoms with Gasteiger partial charge in [-0.05, 0) is 50.6 Å². The van der Waals surface area contributed by atoms with Gasteiger partial charge in [0.15, 0.2) is 0 Å². The van der Waals surface area contributed by atoms with Crippen molar-refractivity contribution in [3.05, 3.63) is 30.1 Å². The van der Waals surface area contributed by atoms with Crippen LogP contribution in [0.2, 0.25) is 0 Å². The van der Waals surface area contributed by atoms with E-state index in [0.717, 1.165) is 26.2 Å². The van der Waals surface area contributed by atoms with Crippen LogP contribution in [0, 0.1) is 0 Å².